The molecule has 0 spiro atoms. The lowest BCUT2D eigenvalue weighted by atomic mass is 9.84. The monoisotopic (exact) mass is 878 g/mol. The summed E-state index contributed by atoms with van der Waals surface area (Å²) in [6, 6.07) is 3.91. The molecule has 2 aliphatic heterocycles. The van der Waals surface area contributed by atoms with E-state index in [9.17, 15) is 32.3 Å². The molecule has 1 saturated heterocycles. The molecule has 19 heteroatoms. The molecule has 0 unspecified atom stereocenters. The molecule has 2 saturated carbocycles. The molecule has 0 radical (unpaired) electrons. The van der Waals surface area contributed by atoms with Crippen molar-refractivity contribution in [3.63, 3.8) is 0 Å². The normalized spacial score (nSPS) is 28.6. The van der Waals surface area contributed by atoms with Gasteiger partial charge in [-0.05, 0) is 93.9 Å². The fraction of sp³-hybridized carbons (Fsp3) is 0.643. The standard InChI is InChI=1S/C42H57F3N6O9S/c1-24-11-9-10-12-27-21-42(27,37(54)48-61(57,58)41(23-43)15-16-41)47-34(52)31-20-29(60-35-30-14-13-28(59-8)18-26(30)19-32(46-35)49(6)7)22-50(31)36(53)33(25(2)17-24)51(38(55)56)39(3,4)40(5,44)45/h10,12-14,18-19,24-25,27,29,31,33H,9,11,15-17,20-23H2,1-8H3,(H,47,52)(H,48,54)(H,55,56)/b12-10-/t24-,25-,27-,29-,31+,33+,42-/m1/s1. The quantitative estimate of drug-likeness (QED) is 0.250. The topological polar surface area (TPSA) is 188 Å². The van der Waals surface area contributed by atoms with E-state index in [-0.39, 0.29) is 50.4 Å². The van der Waals surface area contributed by atoms with Gasteiger partial charge in [0.1, 0.15) is 52.3 Å². The van der Waals surface area contributed by atoms with Crippen molar-refractivity contribution in [2.45, 2.75) is 119 Å². The molecule has 0 bridgehead atoms. The summed E-state index contributed by atoms with van der Waals surface area (Å²) in [5.41, 5.74) is -4.20. The highest BCUT2D eigenvalue weighted by Gasteiger charge is 2.64. The summed E-state index contributed by atoms with van der Waals surface area (Å²) in [6.07, 6.45) is 1.90. The van der Waals surface area contributed by atoms with Crippen LogP contribution in [0.1, 0.15) is 79.6 Å². The van der Waals surface area contributed by atoms with Gasteiger partial charge in [-0.25, -0.2) is 26.4 Å². The third kappa shape index (κ3) is 8.67. The van der Waals surface area contributed by atoms with Gasteiger partial charge in [-0.15, -0.1) is 0 Å². The number of methoxy groups -OCH3 is 1. The molecule has 336 valence electrons. The Morgan fingerprint density at radius 3 is 2.39 bits per heavy atom. The zero-order chi connectivity index (χ0) is 45.0. The number of fused-ring (bicyclic) bond motifs is 3. The van der Waals surface area contributed by atoms with Gasteiger partial charge in [-0.2, -0.15) is 4.98 Å². The Hall–Kier alpha value is -4.81. The number of hydrogen-bond acceptors (Lipinski definition) is 10. The number of sulfonamides is 1. The van der Waals surface area contributed by atoms with E-state index in [0.29, 0.717) is 47.0 Å². The van der Waals surface area contributed by atoms with E-state index in [4.69, 9.17) is 14.5 Å². The first kappa shape index (κ1) is 45.7. The second-order valence-electron chi connectivity index (χ2n) is 18.1. The van der Waals surface area contributed by atoms with E-state index < -0.39 is 92.3 Å². The number of carbonyl (C=O) groups excluding carboxylic acids is 3. The number of anilines is 1. The van der Waals surface area contributed by atoms with Crippen LogP contribution in [0.5, 0.6) is 11.6 Å². The molecule has 7 atom stereocenters. The summed E-state index contributed by atoms with van der Waals surface area (Å²) < 4.78 is 83.5. The average Bonchev–Trinajstić information content (AvgIpc) is 4.08. The van der Waals surface area contributed by atoms with Crippen LogP contribution in [0.4, 0.5) is 23.8 Å². The van der Waals surface area contributed by atoms with Gasteiger partial charge in [-0.3, -0.25) is 24.0 Å². The number of nitrogens with zero attached hydrogens (tertiary/aromatic N) is 4. The van der Waals surface area contributed by atoms with Gasteiger partial charge >= 0.3 is 6.09 Å². The number of rotatable bonds is 11. The number of nitrogens with one attached hydrogen (secondary N) is 2. The molecule has 3 fully saturated rings. The molecule has 2 aliphatic carbocycles. The largest absolute Gasteiger partial charge is 0.497 e. The second kappa shape index (κ2) is 16.5. The highest BCUT2D eigenvalue weighted by Crippen LogP contribution is 2.48. The number of aromatic nitrogens is 1. The summed E-state index contributed by atoms with van der Waals surface area (Å²) in [7, 11) is 0.607. The number of ether oxygens (including phenoxy) is 2. The maximum absolute atomic E-state index is 15.4. The van der Waals surface area contributed by atoms with Crippen molar-refractivity contribution in [2.24, 2.45) is 17.8 Å². The first-order valence-corrected chi connectivity index (χ1v) is 22.0. The van der Waals surface area contributed by atoms with Gasteiger partial charge in [-0.1, -0.05) is 26.0 Å². The number of amides is 4. The Morgan fingerprint density at radius 2 is 1.80 bits per heavy atom. The van der Waals surface area contributed by atoms with Crippen LogP contribution in [-0.2, 0) is 24.4 Å². The van der Waals surface area contributed by atoms with E-state index in [1.165, 1.54) is 7.11 Å². The van der Waals surface area contributed by atoms with Crippen LogP contribution in [0.3, 0.4) is 0 Å². The molecule has 1 aromatic heterocycles. The first-order chi connectivity index (χ1) is 28.4. The Bertz CT molecular complexity index is 2200. The summed E-state index contributed by atoms with van der Waals surface area (Å²) in [5.74, 6) is -6.87. The molecule has 4 aliphatic rings. The lowest BCUT2D eigenvalue weighted by Crippen LogP contribution is -2.66. The van der Waals surface area contributed by atoms with Crippen molar-refractivity contribution in [2.75, 3.05) is 39.3 Å². The Balaban J connectivity index is 1.45. The number of halogens is 3. The third-order valence-corrected chi connectivity index (χ3v) is 15.2. The Kier molecular flexibility index (Phi) is 12.3. The van der Waals surface area contributed by atoms with Gasteiger partial charge in [0.15, 0.2) is 0 Å². The van der Waals surface area contributed by atoms with Crippen molar-refractivity contribution >= 4 is 50.4 Å². The van der Waals surface area contributed by atoms with E-state index in [1.54, 1.807) is 56.3 Å². The maximum Gasteiger partial charge on any atom is 0.408 e. The van der Waals surface area contributed by atoms with Crippen molar-refractivity contribution in [1.82, 2.24) is 24.8 Å². The summed E-state index contributed by atoms with van der Waals surface area (Å²) in [4.78, 5) is 65.2. The van der Waals surface area contributed by atoms with Crippen LogP contribution in [0, 0.1) is 17.8 Å². The fourth-order valence-corrected chi connectivity index (χ4v) is 10.0. The predicted octanol–water partition coefficient (Wildman–Crippen LogP) is 5.28. The fourth-order valence-electron chi connectivity index (χ4n) is 8.61. The molecule has 2 aromatic rings. The minimum Gasteiger partial charge on any atom is -0.497 e. The van der Waals surface area contributed by atoms with E-state index in [0.717, 1.165) is 18.7 Å². The Morgan fingerprint density at radius 1 is 1.11 bits per heavy atom. The molecule has 6 rings (SSSR count). The molecule has 3 heterocycles. The zero-order valence-corrected chi connectivity index (χ0v) is 36.7. The highest BCUT2D eigenvalue weighted by atomic mass is 32.2. The summed E-state index contributed by atoms with van der Waals surface area (Å²) in [5, 5.41) is 14.7. The number of hydrogen-bond donors (Lipinski definition) is 3. The minimum absolute atomic E-state index is 0.00170. The Labute approximate surface area is 354 Å². The van der Waals surface area contributed by atoms with Crippen molar-refractivity contribution in [3.05, 3.63) is 36.4 Å². The van der Waals surface area contributed by atoms with Crippen molar-refractivity contribution in [3.8, 4) is 11.6 Å². The molecule has 4 amide bonds. The van der Waals surface area contributed by atoms with Gasteiger partial charge in [0.2, 0.25) is 27.7 Å². The van der Waals surface area contributed by atoms with Crippen LogP contribution in [-0.4, -0.2) is 126 Å². The molecule has 1 aromatic carbocycles. The first-order valence-electron chi connectivity index (χ1n) is 20.6. The average molecular weight is 879 g/mol. The van der Waals surface area contributed by atoms with Gasteiger partial charge in [0.05, 0.1) is 13.7 Å². The van der Waals surface area contributed by atoms with E-state index in [1.807, 2.05) is 17.7 Å². The number of carboxylic acid groups (broad SMARTS) is 1. The van der Waals surface area contributed by atoms with Gasteiger partial charge in [0, 0.05) is 38.7 Å². The number of alkyl halides is 3. The van der Waals surface area contributed by atoms with Crippen molar-refractivity contribution in [1.29, 1.82) is 0 Å². The minimum atomic E-state index is -4.48. The van der Waals surface area contributed by atoms with Gasteiger partial charge < -0.3 is 29.7 Å². The van der Waals surface area contributed by atoms with Crippen LogP contribution < -0.4 is 24.4 Å². The SMILES string of the molecule is COc1ccc2c(O[C@@H]3C[C@H]4C(=O)N[C@]5(C(=O)NS(=O)(=O)C6(CF)CC6)C[C@H]5/C=C\CC[C@@H](C)C[C@@H](C)[C@H](N(C(=O)O)C(C)(C)C(C)(F)F)C(=O)N4C3)nc(N(C)C)cc2c1. The second-order valence-corrected chi connectivity index (χ2v) is 20.2. The number of allylic oxidation sites excluding steroid dienone is 1. The van der Waals surface area contributed by atoms with Gasteiger partial charge in [0.25, 0.3) is 11.8 Å². The van der Waals surface area contributed by atoms with E-state index in [2.05, 4.69) is 5.32 Å². The number of benzene rings is 1. The summed E-state index contributed by atoms with van der Waals surface area (Å²) in [6.45, 7) is 4.70. The molecular formula is C42H57F3N6O9S. The predicted molar refractivity (Wildman–Crippen MR) is 221 cm³/mol. The third-order valence-electron chi connectivity index (χ3n) is 13.1. The van der Waals surface area contributed by atoms with Crippen LogP contribution >= 0.6 is 0 Å². The highest BCUT2D eigenvalue weighted by molar-refractivity contribution is 7.91. The van der Waals surface area contributed by atoms with Crippen molar-refractivity contribution < 1.29 is 55.3 Å². The lowest BCUT2D eigenvalue weighted by molar-refractivity contribution is -0.156. The van der Waals surface area contributed by atoms with E-state index >= 15 is 13.6 Å². The zero-order valence-electron chi connectivity index (χ0n) is 35.8. The molecule has 3 N–H and O–H groups in total. The molecular weight excluding hydrogens is 822 g/mol. The maximum atomic E-state index is 15.4. The number of carbonyl (C=O) groups is 4. The van der Waals surface area contributed by atoms with Crippen LogP contribution in [0.15, 0.2) is 36.4 Å². The summed E-state index contributed by atoms with van der Waals surface area (Å²) >= 11 is 0. The van der Waals surface area contributed by atoms with Crippen LogP contribution in [0.25, 0.3) is 10.8 Å². The molecule has 61 heavy (non-hydrogen) atoms. The molecule has 15 nitrogen and oxygen atoms in total. The van der Waals surface area contributed by atoms with Crippen LogP contribution in [0.2, 0.25) is 0 Å². The smallest absolute Gasteiger partial charge is 0.408 e. The lowest BCUT2D eigenvalue weighted by Gasteiger charge is -2.47. The number of pyridine rings is 1.